The van der Waals surface area contributed by atoms with Gasteiger partial charge in [-0.15, -0.1) is 5.10 Å². The molecule has 2 rings (SSSR count). The Morgan fingerprint density at radius 1 is 1.35 bits per heavy atom. The summed E-state index contributed by atoms with van der Waals surface area (Å²) in [6, 6.07) is 7.21. The number of hydrogen-bond acceptors (Lipinski definition) is 4. The summed E-state index contributed by atoms with van der Waals surface area (Å²) in [5.41, 5.74) is 0.575. The van der Waals surface area contributed by atoms with Crippen LogP contribution in [0.25, 0.3) is 5.69 Å². The minimum absolute atomic E-state index is 0.178. The monoisotopic (exact) mass is 336 g/mol. The van der Waals surface area contributed by atoms with E-state index in [1.165, 1.54) is 4.68 Å². The van der Waals surface area contributed by atoms with Crippen LogP contribution in [-0.4, -0.2) is 38.2 Å². The Morgan fingerprint density at radius 3 is 2.61 bits per heavy atom. The number of para-hydroxylation sites is 1. The second-order valence-electron chi connectivity index (χ2n) is 5.50. The molecule has 1 aromatic carbocycles. The van der Waals surface area contributed by atoms with E-state index in [0.717, 1.165) is 0 Å². The highest BCUT2D eigenvalue weighted by molar-refractivity contribution is 6.32. The van der Waals surface area contributed by atoms with Crippen molar-refractivity contribution in [2.45, 2.75) is 39.2 Å². The topological polar surface area (TPSA) is 80.0 Å². The van der Waals surface area contributed by atoms with E-state index >= 15 is 0 Å². The number of rotatable bonds is 6. The number of amides is 1. The molecule has 23 heavy (non-hydrogen) atoms. The van der Waals surface area contributed by atoms with Gasteiger partial charge in [0.25, 0.3) is 5.91 Å². The van der Waals surface area contributed by atoms with E-state index in [1.807, 2.05) is 26.0 Å². The van der Waals surface area contributed by atoms with Crippen LogP contribution in [0, 0.1) is 6.92 Å². The molecule has 0 aliphatic carbocycles. The first-order chi connectivity index (χ1) is 10.9. The maximum Gasteiger partial charge on any atom is 0.273 e. The molecule has 0 atom stereocenters. The van der Waals surface area contributed by atoms with Gasteiger partial charge in [-0.05, 0) is 31.9 Å². The van der Waals surface area contributed by atoms with Gasteiger partial charge in [-0.1, -0.05) is 42.8 Å². The van der Waals surface area contributed by atoms with Crippen LogP contribution in [0.5, 0.6) is 0 Å². The molecule has 0 saturated carbocycles. The van der Waals surface area contributed by atoms with Gasteiger partial charge in [0.2, 0.25) is 0 Å². The fourth-order valence-corrected chi connectivity index (χ4v) is 2.44. The first-order valence-corrected chi connectivity index (χ1v) is 7.97. The van der Waals surface area contributed by atoms with Gasteiger partial charge in [-0.25, -0.2) is 4.68 Å². The molecule has 2 aromatic rings. The second-order valence-corrected chi connectivity index (χ2v) is 5.91. The standard InChI is InChI=1S/C16H21ClN4O2/c1-4-16(23,5-2)10-18-15(22)14-11(3)21(20-19-14)13-9-7-6-8-12(13)17/h6-9,23H,4-5,10H2,1-3H3,(H,18,22). The van der Waals surface area contributed by atoms with E-state index in [4.69, 9.17) is 11.6 Å². The lowest BCUT2D eigenvalue weighted by Gasteiger charge is -2.25. The van der Waals surface area contributed by atoms with Crippen LogP contribution < -0.4 is 5.32 Å². The van der Waals surface area contributed by atoms with Gasteiger partial charge in [0.15, 0.2) is 5.69 Å². The van der Waals surface area contributed by atoms with Crippen molar-refractivity contribution in [2.24, 2.45) is 0 Å². The zero-order chi connectivity index (χ0) is 17.0. The predicted octanol–water partition coefficient (Wildman–Crippen LogP) is 2.51. The third-order valence-electron chi connectivity index (χ3n) is 4.08. The molecule has 0 unspecified atom stereocenters. The summed E-state index contributed by atoms with van der Waals surface area (Å²) in [5, 5.41) is 21.4. The molecule has 6 nitrogen and oxygen atoms in total. The minimum Gasteiger partial charge on any atom is -0.388 e. The fourth-order valence-electron chi connectivity index (χ4n) is 2.22. The number of nitrogens with zero attached hydrogens (tertiary/aromatic N) is 3. The average Bonchev–Trinajstić information content (AvgIpc) is 2.94. The van der Waals surface area contributed by atoms with Gasteiger partial charge in [-0.2, -0.15) is 0 Å². The molecule has 124 valence electrons. The summed E-state index contributed by atoms with van der Waals surface area (Å²) in [6.07, 6.45) is 1.13. The molecule has 0 bridgehead atoms. The van der Waals surface area contributed by atoms with E-state index in [0.29, 0.717) is 29.2 Å². The highest BCUT2D eigenvalue weighted by Crippen LogP contribution is 2.21. The van der Waals surface area contributed by atoms with Crippen LogP contribution in [-0.2, 0) is 0 Å². The lowest BCUT2D eigenvalue weighted by Crippen LogP contribution is -2.42. The largest absolute Gasteiger partial charge is 0.388 e. The van der Waals surface area contributed by atoms with Crippen molar-refractivity contribution in [2.75, 3.05) is 6.54 Å². The maximum atomic E-state index is 12.3. The Balaban J connectivity index is 2.19. The molecule has 7 heteroatoms. The van der Waals surface area contributed by atoms with Crippen molar-refractivity contribution in [1.29, 1.82) is 0 Å². The van der Waals surface area contributed by atoms with Gasteiger partial charge in [0, 0.05) is 6.54 Å². The number of halogens is 1. The van der Waals surface area contributed by atoms with Crippen molar-refractivity contribution < 1.29 is 9.90 Å². The average molecular weight is 337 g/mol. The van der Waals surface area contributed by atoms with E-state index in [2.05, 4.69) is 15.6 Å². The van der Waals surface area contributed by atoms with Gasteiger partial charge < -0.3 is 10.4 Å². The first-order valence-electron chi connectivity index (χ1n) is 7.59. The zero-order valence-corrected chi connectivity index (χ0v) is 14.3. The van der Waals surface area contributed by atoms with Crippen molar-refractivity contribution in [3.05, 3.63) is 40.7 Å². The van der Waals surface area contributed by atoms with Crippen molar-refractivity contribution in [3.8, 4) is 5.69 Å². The van der Waals surface area contributed by atoms with Crippen LogP contribution in [0.1, 0.15) is 42.9 Å². The number of carbonyl (C=O) groups is 1. The Hall–Kier alpha value is -1.92. The molecule has 0 fully saturated rings. The van der Waals surface area contributed by atoms with Crippen LogP contribution in [0.3, 0.4) is 0 Å². The lowest BCUT2D eigenvalue weighted by atomic mass is 9.97. The molecule has 0 aliphatic heterocycles. The highest BCUT2D eigenvalue weighted by atomic mass is 35.5. The highest BCUT2D eigenvalue weighted by Gasteiger charge is 2.25. The van der Waals surface area contributed by atoms with Gasteiger partial charge >= 0.3 is 0 Å². The predicted molar refractivity (Wildman–Crippen MR) is 89.0 cm³/mol. The van der Waals surface area contributed by atoms with Crippen LogP contribution in [0.4, 0.5) is 0 Å². The molecular formula is C16H21ClN4O2. The number of aromatic nitrogens is 3. The quantitative estimate of drug-likeness (QED) is 0.849. The molecule has 1 aromatic heterocycles. The van der Waals surface area contributed by atoms with E-state index < -0.39 is 5.60 Å². The van der Waals surface area contributed by atoms with Gasteiger partial charge in [0.05, 0.1) is 22.0 Å². The third kappa shape index (κ3) is 3.71. The number of aliphatic hydroxyl groups is 1. The minimum atomic E-state index is -0.900. The molecule has 2 N–H and O–H groups in total. The smallest absolute Gasteiger partial charge is 0.273 e. The summed E-state index contributed by atoms with van der Waals surface area (Å²) < 4.78 is 1.53. The molecule has 1 amide bonds. The molecule has 0 saturated heterocycles. The third-order valence-corrected chi connectivity index (χ3v) is 4.40. The fraction of sp³-hybridized carbons (Fsp3) is 0.438. The molecular weight excluding hydrogens is 316 g/mol. The van der Waals surface area contributed by atoms with Crippen molar-refractivity contribution in [1.82, 2.24) is 20.3 Å². The summed E-state index contributed by atoms with van der Waals surface area (Å²) >= 11 is 6.16. The first kappa shape index (κ1) is 17.4. The van der Waals surface area contributed by atoms with Crippen LogP contribution >= 0.6 is 11.6 Å². The van der Waals surface area contributed by atoms with Crippen LogP contribution in [0.2, 0.25) is 5.02 Å². The Kier molecular flexibility index (Phi) is 5.38. The second kappa shape index (κ2) is 7.10. The number of hydrogen-bond donors (Lipinski definition) is 2. The number of carbonyl (C=O) groups excluding carboxylic acids is 1. The van der Waals surface area contributed by atoms with E-state index in [1.54, 1.807) is 19.1 Å². The number of nitrogens with one attached hydrogen (secondary N) is 1. The summed E-state index contributed by atoms with van der Waals surface area (Å²) in [6.45, 7) is 5.70. The van der Waals surface area contributed by atoms with E-state index in [9.17, 15) is 9.90 Å². The summed E-state index contributed by atoms with van der Waals surface area (Å²) in [5.74, 6) is -0.360. The Bertz CT molecular complexity index is 695. The lowest BCUT2D eigenvalue weighted by molar-refractivity contribution is 0.0313. The van der Waals surface area contributed by atoms with Crippen LogP contribution in [0.15, 0.2) is 24.3 Å². The Morgan fingerprint density at radius 2 is 2.00 bits per heavy atom. The molecule has 0 spiro atoms. The van der Waals surface area contributed by atoms with E-state index in [-0.39, 0.29) is 18.1 Å². The maximum absolute atomic E-state index is 12.3. The molecule has 0 aliphatic rings. The Labute approximate surface area is 140 Å². The zero-order valence-electron chi connectivity index (χ0n) is 13.5. The molecule has 1 heterocycles. The van der Waals surface area contributed by atoms with Crippen molar-refractivity contribution in [3.63, 3.8) is 0 Å². The normalized spacial score (nSPS) is 11.5. The van der Waals surface area contributed by atoms with Crippen molar-refractivity contribution >= 4 is 17.5 Å². The summed E-state index contributed by atoms with van der Waals surface area (Å²) in [4.78, 5) is 12.3. The SMILES string of the molecule is CCC(O)(CC)CNC(=O)c1nnn(-c2ccccc2Cl)c1C. The molecule has 0 radical (unpaired) electrons. The van der Waals surface area contributed by atoms with Gasteiger partial charge in [0.1, 0.15) is 0 Å². The summed E-state index contributed by atoms with van der Waals surface area (Å²) in [7, 11) is 0. The van der Waals surface area contributed by atoms with Gasteiger partial charge in [-0.3, -0.25) is 4.79 Å². The number of benzene rings is 1.